The van der Waals surface area contributed by atoms with E-state index in [1.165, 1.54) is 11.3 Å². The Morgan fingerprint density at radius 3 is 2.50 bits per heavy atom. The molecule has 6 heteroatoms. The minimum absolute atomic E-state index is 0.0872. The second kappa shape index (κ2) is 7.96. The van der Waals surface area contributed by atoms with Crippen LogP contribution in [0.3, 0.4) is 0 Å². The molecule has 0 bridgehead atoms. The number of ketones is 1. The van der Waals surface area contributed by atoms with Crippen LogP contribution >= 0.6 is 23.1 Å². The quantitative estimate of drug-likeness (QED) is 0.607. The summed E-state index contributed by atoms with van der Waals surface area (Å²) in [7, 11) is 0. The minimum Gasteiger partial charge on any atom is -0.336 e. The minimum atomic E-state index is 0.0872. The average Bonchev–Trinajstić information content (AvgIpc) is 3.16. The Bertz CT molecular complexity index is 708. The Kier molecular flexibility index (Phi) is 5.71. The fraction of sp³-hybridized carbons (Fsp3) is 0.333. The van der Waals surface area contributed by atoms with E-state index in [1.54, 1.807) is 11.8 Å². The van der Waals surface area contributed by atoms with Crippen molar-refractivity contribution in [2.75, 3.05) is 39.0 Å². The van der Waals surface area contributed by atoms with Crippen LogP contribution < -0.4 is 0 Å². The number of piperazine rings is 1. The van der Waals surface area contributed by atoms with Crippen molar-refractivity contribution in [3.8, 4) is 0 Å². The molecule has 1 aromatic heterocycles. The van der Waals surface area contributed by atoms with Gasteiger partial charge in [0.1, 0.15) is 0 Å². The van der Waals surface area contributed by atoms with Gasteiger partial charge < -0.3 is 4.90 Å². The Morgan fingerprint density at radius 1 is 1.08 bits per heavy atom. The highest BCUT2D eigenvalue weighted by Crippen LogP contribution is 2.22. The largest absolute Gasteiger partial charge is 0.336 e. The van der Waals surface area contributed by atoms with Crippen LogP contribution in [-0.2, 0) is 0 Å². The maximum Gasteiger partial charge on any atom is 0.255 e. The summed E-state index contributed by atoms with van der Waals surface area (Å²) in [6.07, 6.45) is 1.99. The second-order valence-electron chi connectivity index (χ2n) is 5.67. The summed E-state index contributed by atoms with van der Waals surface area (Å²) in [5.41, 5.74) is 0.771. The summed E-state index contributed by atoms with van der Waals surface area (Å²) in [5.74, 6) is 0.252. The number of thiophene rings is 1. The average molecular weight is 361 g/mol. The predicted octanol–water partition coefficient (Wildman–Crippen LogP) is 3.11. The number of nitrogens with zero attached hydrogens (tertiary/aromatic N) is 2. The van der Waals surface area contributed by atoms with E-state index in [4.69, 9.17) is 0 Å². The first-order valence-corrected chi connectivity index (χ1v) is 10.0. The number of thioether (sulfide) groups is 1. The number of hydrogen-bond donors (Lipinski definition) is 0. The van der Waals surface area contributed by atoms with Gasteiger partial charge in [-0.2, -0.15) is 0 Å². The van der Waals surface area contributed by atoms with Gasteiger partial charge in [-0.3, -0.25) is 14.5 Å². The smallest absolute Gasteiger partial charge is 0.255 e. The third-order valence-electron chi connectivity index (χ3n) is 4.16. The van der Waals surface area contributed by atoms with Crippen LogP contribution in [0.1, 0.15) is 20.0 Å². The first-order valence-electron chi connectivity index (χ1n) is 7.90. The summed E-state index contributed by atoms with van der Waals surface area (Å²) in [4.78, 5) is 30.7. The third kappa shape index (κ3) is 3.88. The molecule has 1 aliphatic heterocycles. The van der Waals surface area contributed by atoms with E-state index in [2.05, 4.69) is 4.90 Å². The molecule has 0 unspecified atom stereocenters. The van der Waals surface area contributed by atoms with Crippen LogP contribution in [0.5, 0.6) is 0 Å². The van der Waals surface area contributed by atoms with Crippen LogP contribution in [0.25, 0.3) is 0 Å². The van der Waals surface area contributed by atoms with Crippen LogP contribution in [0.4, 0.5) is 0 Å². The molecule has 126 valence electrons. The van der Waals surface area contributed by atoms with Gasteiger partial charge in [0, 0.05) is 31.1 Å². The molecule has 1 aromatic carbocycles. The molecule has 0 N–H and O–H groups in total. The van der Waals surface area contributed by atoms with E-state index in [-0.39, 0.29) is 11.7 Å². The summed E-state index contributed by atoms with van der Waals surface area (Å²) in [6.45, 7) is 3.25. The van der Waals surface area contributed by atoms with Gasteiger partial charge >= 0.3 is 0 Å². The van der Waals surface area contributed by atoms with Gasteiger partial charge in [0.25, 0.3) is 5.91 Å². The molecule has 0 saturated carbocycles. The maximum absolute atomic E-state index is 12.7. The number of Topliss-reactive ketones (excluding diaryl/α,β-unsaturated/α-hetero) is 1. The molecule has 1 amide bonds. The van der Waals surface area contributed by atoms with Gasteiger partial charge in [-0.15, -0.1) is 23.1 Å². The number of hydrogen-bond acceptors (Lipinski definition) is 5. The third-order valence-corrected chi connectivity index (χ3v) is 5.87. The van der Waals surface area contributed by atoms with Crippen molar-refractivity contribution in [1.29, 1.82) is 0 Å². The van der Waals surface area contributed by atoms with Crippen LogP contribution in [-0.4, -0.2) is 60.5 Å². The van der Waals surface area contributed by atoms with Gasteiger partial charge in [-0.1, -0.05) is 18.2 Å². The zero-order valence-electron chi connectivity index (χ0n) is 13.6. The molecule has 0 aliphatic carbocycles. The Balaban J connectivity index is 1.57. The summed E-state index contributed by atoms with van der Waals surface area (Å²) >= 11 is 3.08. The molecular weight excluding hydrogens is 340 g/mol. The Labute approximate surface area is 150 Å². The molecule has 1 saturated heterocycles. The SMILES string of the molecule is CSc1ccccc1C(=O)N1CCN(CC(=O)c2cccs2)CC1. The van der Waals surface area contributed by atoms with Crippen molar-refractivity contribution in [3.05, 3.63) is 52.2 Å². The van der Waals surface area contributed by atoms with Gasteiger partial charge in [0.05, 0.1) is 17.0 Å². The van der Waals surface area contributed by atoms with E-state index >= 15 is 0 Å². The molecule has 0 atom stereocenters. The maximum atomic E-state index is 12.7. The highest BCUT2D eigenvalue weighted by Gasteiger charge is 2.24. The molecular formula is C18H20N2O2S2. The number of amides is 1. The first-order chi connectivity index (χ1) is 11.7. The van der Waals surface area contributed by atoms with Gasteiger partial charge in [-0.05, 0) is 29.8 Å². The highest BCUT2D eigenvalue weighted by atomic mass is 32.2. The van der Waals surface area contributed by atoms with Crippen LogP contribution in [0, 0.1) is 0 Å². The van der Waals surface area contributed by atoms with E-state index in [1.807, 2.05) is 52.9 Å². The van der Waals surface area contributed by atoms with E-state index in [9.17, 15) is 9.59 Å². The number of benzene rings is 1. The normalized spacial score (nSPS) is 15.5. The monoisotopic (exact) mass is 360 g/mol. The number of rotatable bonds is 5. The molecule has 2 aromatic rings. The van der Waals surface area contributed by atoms with E-state index in [0.717, 1.165) is 28.4 Å². The van der Waals surface area contributed by atoms with Crippen LogP contribution in [0.15, 0.2) is 46.7 Å². The molecule has 0 spiro atoms. The molecule has 1 fully saturated rings. The molecule has 24 heavy (non-hydrogen) atoms. The highest BCUT2D eigenvalue weighted by molar-refractivity contribution is 7.98. The van der Waals surface area contributed by atoms with Crippen molar-refractivity contribution in [1.82, 2.24) is 9.80 Å². The topological polar surface area (TPSA) is 40.6 Å². The van der Waals surface area contributed by atoms with Gasteiger partial charge in [0.2, 0.25) is 0 Å². The zero-order chi connectivity index (χ0) is 16.9. The van der Waals surface area contributed by atoms with Crippen molar-refractivity contribution in [2.45, 2.75) is 4.90 Å². The van der Waals surface area contributed by atoms with Crippen molar-refractivity contribution < 1.29 is 9.59 Å². The zero-order valence-corrected chi connectivity index (χ0v) is 15.2. The predicted molar refractivity (Wildman–Crippen MR) is 99.2 cm³/mol. The molecule has 1 aliphatic rings. The summed E-state index contributed by atoms with van der Waals surface area (Å²) < 4.78 is 0. The second-order valence-corrected chi connectivity index (χ2v) is 7.46. The number of carbonyl (C=O) groups is 2. The standard InChI is InChI=1S/C18H20N2O2S2/c1-23-16-6-3-2-5-14(16)18(22)20-10-8-19(9-11-20)13-15(21)17-7-4-12-24-17/h2-7,12H,8-11,13H2,1H3. The van der Waals surface area contributed by atoms with E-state index in [0.29, 0.717) is 19.6 Å². The fourth-order valence-electron chi connectivity index (χ4n) is 2.82. The lowest BCUT2D eigenvalue weighted by molar-refractivity contribution is 0.0622. The Hall–Kier alpha value is -1.63. The lowest BCUT2D eigenvalue weighted by Crippen LogP contribution is -2.49. The molecule has 0 radical (unpaired) electrons. The van der Waals surface area contributed by atoms with Crippen molar-refractivity contribution in [3.63, 3.8) is 0 Å². The lowest BCUT2D eigenvalue weighted by Gasteiger charge is -2.34. The summed E-state index contributed by atoms with van der Waals surface area (Å²) in [6, 6.07) is 11.5. The first kappa shape index (κ1) is 17.2. The molecule has 2 heterocycles. The van der Waals surface area contributed by atoms with Gasteiger partial charge in [-0.25, -0.2) is 0 Å². The van der Waals surface area contributed by atoms with E-state index < -0.39 is 0 Å². The fourth-order valence-corrected chi connectivity index (χ4v) is 4.07. The lowest BCUT2D eigenvalue weighted by atomic mass is 10.1. The summed E-state index contributed by atoms with van der Waals surface area (Å²) in [5, 5.41) is 1.92. The van der Waals surface area contributed by atoms with Crippen molar-refractivity contribution >= 4 is 34.8 Å². The van der Waals surface area contributed by atoms with Gasteiger partial charge in [0.15, 0.2) is 5.78 Å². The molecule has 3 rings (SSSR count). The molecule has 4 nitrogen and oxygen atoms in total. The van der Waals surface area contributed by atoms with Crippen molar-refractivity contribution in [2.24, 2.45) is 0 Å². The van der Waals surface area contributed by atoms with Crippen LogP contribution in [0.2, 0.25) is 0 Å². The number of carbonyl (C=O) groups excluding carboxylic acids is 2. The Morgan fingerprint density at radius 2 is 1.83 bits per heavy atom.